The Morgan fingerprint density at radius 1 is 1.38 bits per heavy atom. The van der Waals surface area contributed by atoms with Gasteiger partial charge in [-0.2, -0.15) is 0 Å². The first-order valence-electron chi connectivity index (χ1n) is 7.62. The Balaban J connectivity index is 1.73. The first-order valence-corrected chi connectivity index (χ1v) is 7.62. The number of ether oxygens (including phenoxy) is 1. The summed E-state index contributed by atoms with van der Waals surface area (Å²) in [5.41, 5.74) is 2.36. The highest BCUT2D eigenvalue weighted by Gasteiger charge is 2.34. The van der Waals surface area contributed by atoms with Crippen molar-refractivity contribution in [2.45, 2.75) is 27.2 Å². The average Bonchev–Trinajstić information content (AvgIpc) is 2.80. The van der Waals surface area contributed by atoms with Crippen LogP contribution in [0.1, 0.15) is 24.5 Å². The number of nitrogens with zero attached hydrogens (tertiary/aromatic N) is 1. The predicted molar refractivity (Wildman–Crippen MR) is 82.8 cm³/mol. The number of carbonyl (C=O) groups is 1. The van der Waals surface area contributed by atoms with Gasteiger partial charge >= 0.3 is 5.97 Å². The zero-order valence-electron chi connectivity index (χ0n) is 13.1. The lowest BCUT2D eigenvalue weighted by Crippen LogP contribution is -2.25. The largest absolute Gasteiger partial charge is 0.493 e. The number of likely N-dealkylation sites (tertiary alicyclic amines) is 1. The molecule has 1 fully saturated rings. The van der Waals surface area contributed by atoms with E-state index < -0.39 is 5.97 Å². The molecule has 0 amide bonds. The van der Waals surface area contributed by atoms with Crippen LogP contribution in [-0.2, 0) is 4.79 Å². The molecule has 1 saturated heterocycles. The van der Waals surface area contributed by atoms with Crippen molar-refractivity contribution in [1.82, 2.24) is 4.90 Å². The zero-order valence-corrected chi connectivity index (χ0v) is 13.1. The van der Waals surface area contributed by atoms with Crippen LogP contribution >= 0.6 is 0 Å². The average molecular weight is 291 g/mol. The van der Waals surface area contributed by atoms with E-state index in [4.69, 9.17) is 9.84 Å². The van der Waals surface area contributed by atoms with E-state index in [1.807, 2.05) is 13.8 Å². The number of carboxylic acids is 1. The summed E-state index contributed by atoms with van der Waals surface area (Å²) in [5, 5.41) is 9.13. The van der Waals surface area contributed by atoms with Crippen molar-refractivity contribution < 1.29 is 14.6 Å². The molecule has 0 bridgehead atoms. The molecule has 1 aromatic carbocycles. The molecule has 1 aromatic rings. The van der Waals surface area contributed by atoms with Gasteiger partial charge in [-0.1, -0.05) is 19.1 Å². The SMILES string of the molecule is Cc1ccc(C)c(OCCCN2CC(C)C(C(=O)O)C2)c1. The molecule has 21 heavy (non-hydrogen) atoms. The van der Waals surface area contributed by atoms with Gasteiger partial charge in [-0.05, 0) is 43.4 Å². The smallest absolute Gasteiger partial charge is 0.308 e. The summed E-state index contributed by atoms with van der Waals surface area (Å²) in [5.74, 6) is 0.303. The lowest BCUT2D eigenvalue weighted by atomic mass is 9.99. The van der Waals surface area contributed by atoms with Crippen LogP contribution in [-0.4, -0.2) is 42.2 Å². The first kappa shape index (κ1) is 15.8. The van der Waals surface area contributed by atoms with Crippen molar-refractivity contribution in [2.75, 3.05) is 26.2 Å². The van der Waals surface area contributed by atoms with Gasteiger partial charge in [0.05, 0.1) is 12.5 Å². The maximum Gasteiger partial charge on any atom is 0.308 e. The van der Waals surface area contributed by atoms with Crippen LogP contribution in [0.4, 0.5) is 0 Å². The van der Waals surface area contributed by atoms with Crippen LogP contribution in [0.2, 0.25) is 0 Å². The summed E-state index contributed by atoms with van der Waals surface area (Å²) >= 11 is 0. The van der Waals surface area contributed by atoms with Gasteiger partial charge in [0.1, 0.15) is 5.75 Å². The van der Waals surface area contributed by atoms with Crippen molar-refractivity contribution in [1.29, 1.82) is 0 Å². The maximum absolute atomic E-state index is 11.1. The lowest BCUT2D eigenvalue weighted by molar-refractivity contribution is -0.142. The molecule has 4 heteroatoms. The summed E-state index contributed by atoms with van der Waals surface area (Å²) in [6, 6.07) is 6.22. The molecule has 2 rings (SSSR count). The molecule has 2 unspecified atom stereocenters. The van der Waals surface area contributed by atoms with Gasteiger partial charge in [0.2, 0.25) is 0 Å². The number of hydrogen-bond acceptors (Lipinski definition) is 3. The standard InChI is InChI=1S/C17H25NO3/c1-12-5-6-13(2)16(9-12)21-8-4-7-18-10-14(3)15(11-18)17(19)20/h5-6,9,14-15H,4,7-8,10-11H2,1-3H3,(H,19,20). The minimum Gasteiger partial charge on any atom is -0.493 e. The molecule has 1 aliphatic heterocycles. The monoisotopic (exact) mass is 291 g/mol. The first-order chi connectivity index (χ1) is 9.97. The maximum atomic E-state index is 11.1. The predicted octanol–water partition coefficient (Wildman–Crippen LogP) is 2.72. The van der Waals surface area contributed by atoms with Crippen LogP contribution in [0.25, 0.3) is 0 Å². The van der Waals surface area contributed by atoms with Gasteiger partial charge < -0.3 is 14.7 Å². The van der Waals surface area contributed by atoms with E-state index in [0.717, 1.165) is 30.8 Å². The highest BCUT2D eigenvalue weighted by Crippen LogP contribution is 2.23. The minimum absolute atomic E-state index is 0.218. The van der Waals surface area contributed by atoms with Crippen molar-refractivity contribution >= 4 is 5.97 Å². The molecule has 1 heterocycles. The number of carboxylic acid groups (broad SMARTS) is 1. The molecular formula is C17H25NO3. The van der Waals surface area contributed by atoms with Gasteiger partial charge in [0.15, 0.2) is 0 Å². The quantitative estimate of drug-likeness (QED) is 0.819. The topological polar surface area (TPSA) is 49.8 Å². The Bertz CT molecular complexity index is 501. The molecule has 0 spiro atoms. The molecule has 0 aromatic heterocycles. The van der Waals surface area contributed by atoms with Gasteiger partial charge in [0, 0.05) is 19.6 Å². The molecule has 2 atom stereocenters. The van der Waals surface area contributed by atoms with Crippen molar-refractivity contribution in [3.63, 3.8) is 0 Å². The molecule has 0 aliphatic carbocycles. The van der Waals surface area contributed by atoms with Crippen molar-refractivity contribution in [3.8, 4) is 5.75 Å². The third-order valence-corrected chi connectivity index (χ3v) is 4.23. The molecule has 0 radical (unpaired) electrons. The van der Waals surface area contributed by atoms with Gasteiger partial charge in [-0.15, -0.1) is 0 Å². The Labute approximate surface area is 126 Å². The highest BCUT2D eigenvalue weighted by atomic mass is 16.5. The number of aliphatic carboxylic acids is 1. The van der Waals surface area contributed by atoms with Crippen LogP contribution in [0, 0.1) is 25.7 Å². The van der Waals surface area contributed by atoms with E-state index >= 15 is 0 Å². The summed E-state index contributed by atoms with van der Waals surface area (Å²) < 4.78 is 5.84. The lowest BCUT2D eigenvalue weighted by Gasteiger charge is -2.16. The second-order valence-corrected chi connectivity index (χ2v) is 6.15. The third kappa shape index (κ3) is 4.21. The number of rotatable bonds is 6. The highest BCUT2D eigenvalue weighted by molar-refractivity contribution is 5.71. The normalized spacial score (nSPS) is 22.4. The van der Waals surface area contributed by atoms with E-state index in [1.165, 1.54) is 5.56 Å². The second kappa shape index (κ2) is 6.94. The van der Waals surface area contributed by atoms with E-state index in [-0.39, 0.29) is 11.8 Å². The van der Waals surface area contributed by atoms with Gasteiger partial charge in [-0.3, -0.25) is 4.79 Å². The Morgan fingerprint density at radius 2 is 2.14 bits per heavy atom. The third-order valence-electron chi connectivity index (χ3n) is 4.23. The van der Waals surface area contributed by atoms with Gasteiger partial charge in [0.25, 0.3) is 0 Å². The Morgan fingerprint density at radius 3 is 2.81 bits per heavy atom. The van der Waals surface area contributed by atoms with Crippen LogP contribution in [0.15, 0.2) is 18.2 Å². The number of aryl methyl sites for hydroxylation is 2. The zero-order chi connectivity index (χ0) is 15.4. The number of benzene rings is 1. The van der Waals surface area contributed by atoms with E-state index in [1.54, 1.807) is 0 Å². The fourth-order valence-electron chi connectivity index (χ4n) is 2.90. The second-order valence-electron chi connectivity index (χ2n) is 6.15. The van der Waals surface area contributed by atoms with E-state index in [0.29, 0.717) is 13.2 Å². The van der Waals surface area contributed by atoms with Crippen molar-refractivity contribution in [3.05, 3.63) is 29.3 Å². The molecule has 4 nitrogen and oxygen atoms in total. The van der Waals surface area contributed by atoms with Crippen molar-refractivity contribution in [2.24, 2.45) is 11.8 Å². The van der Waals surface area contributed by atoms with E-state index in [2.05, 4.69) is 30.0 Å². The fraction of sp³-hybridized carbons (Fsp3) is 0.588. The molecule has 0 saturated carbocycles. The van der Waals surface area contributed by atoms with Crippen LogP contribution < -0.4 is 4.74 Å². The number of hydrogen-bond donors (Lipinski definition) is 1. The fourth-order valence-corrected chi connectivity index (χ4v) is 2.90. The van der Waals surface area contributed by atoms with Gasteiger partial charge in [-0.25, -0.2) is 0 Å². The minimum atomic E-state index is -0.670. The Hall–Kier alpha value is -1.55. The molecule has 116 valence electrons. The Kier molecular flexibility index (Phi) is 5.23. The van der Waals surface area contributed by atoms with Crippen LogP contribution in [0.5, 0.6) is 5.75 Å². The van der Waals surface area contributed by atoms with Crippen LogP contribution in [0.3, 0.4) is 0 Å². The molecule has 1 aliphatic rings. The summed E-state index contributed by atoms with van der Waals surface area (Å²) in [7, 11) is 0. The summed E-state index contributed by atoms with van der Waals surface area (Å²) in [4.78, 5) is 13.3. The summed E-state index contributed by atoms with van der Waals surface area (Å²) in [6.45, 7) is 9.25. The summed E-state index contributed by atoms with van der Waals surface area (Å²) in [6.07, 6.45) is 0.923. The molecular weight excluding hydrogens is 266 g/mol. The van der Waals surface area contributed by atoms with E-state index in [9.17, 15) is 4.79 Å². The molecule has 1 N–H and O–H groups in total.